The molecule has 15 heavy (non-hydrogen) atoms. The molecule has 0 fully saturated rings. The lowest BCUT2D eigenvalue weighted by atomic mass is 9.98. The zero-order valence-electron chi connectivity index (χ0n) is 8.14. The summed E-state index contributed by atoms with van der Waals surface area (Å²) in [6.45, 7) is 0. The molecule has 0 saturated carbocycles. The van der Waals surface area contributed by atoms with Crippen LogP contribution in [0, 0.1) is 0 Å². The van der Waals surface area contributed by atoms with E-state index in [1.54, 1.807) is 12.2 Å². The Bertz CT molecular complexity index is 415. The van der Waals surface area contributed by atoms with E-state index in [0.29, 0.717) is 17.6 Å². The summed E-state index contributed by atoms with van der Waals surface area (Å²) in [6, 6.07) is 0. The van der Waals surface area contributed by atoms with Gasteiger partial charge in [0.2, 0.25) is 0 Å². The molecule has 0 unspecified atom stereocenters. The highest BCUT2D eigenvalue weighted by Crippen LogP contribution is 2.27. The second-order valence-electron chi connectivity index (χ2n) is 3.43. The molecular formula is C13H10O2. The molecule has 0 aromatic heterocycles. The lowest BCUT2D eigenvalue weighted by Crippen LogP contribution is -1.93. The van der Waals surface area contributed by atoms with Gasteiger partial charge in [-0.25, -0.2) is 0 Å². The third kappa shape index (κ3) is 1.79. The van der Waals surface area contributed by atoms with Crippen molar-refractivity contribution < 1.29 is 9.59 Å². The zero-order valence-corrected chi connectivity index (χ0v) is 8.14. The average molecular weight is 198 g/mol. The van der Waals surface area contributed by atoms with Gasteiger partial charge in [-0.2, -0.15) is 0 Å². The summed E-state index contributed by atoms with van der Waals surface area (Å²) < 4.78 is 0. The first-order chi connectivity index (χ1) is 7.35. The Kier molecular flexibility index (Phi) is 2.59. The molecule has 0 atom stereocenters. The van der Waals surface area contributed by atoms with Crippen molar-refractivity contribution in [1.82, 2.24) is 0 Å². The third-order valence-corrected chi connectivity index (χ3v) is 2.52. The van der Waals surface area contributed by atoms with Crippen LogP contribution in [0.5, 0.6) is 0 Å². The van der Waals surface area contributed by atoms with Gasteiger partial charge in [-0.3, -0.25) is 9.59 Å². The second-order valence-corrected chi connectivity index (χ2v) is 3.43. The SMILES string of the molecule is O=CC1=CC=C(C=O)C2=CC=CC=C1C2. The lowest BCUT2D eigenvalue weighted by molar-refractivity contribution is -0.105. The van der Waals surface area contributed by atoms with E-state index in [4.69, 9.17) is 0 Å². The van der Waals surface area contributed by atoms with Gasteiger partial charge in [0.1, 0.15) is 12.6 Å². The first-order valence-electron chi connectivity index (χ1n) is 4.74. The predicted octanol–water partition coefficient (Wildman–Crippen LogP) is 2.06. The Morgan fingerprint density at radius 2 is 1.27 bits per heavy atom. The van der Waals surface area contributed by atoms with Gasteiger partial charge in [-0.15, -0.1) is 0 Å². The Morgan fingerprint density at radius 1 is 0.800 bits per heavy atom. The molecule has 0 N–H and O–H groups in total. The van der Waals surface area contributed by atoms with E-state index in [0.717, 1.165) is 23.7 Å². The molecule has 2 aliphatic rings. The average Bonchev–Trinajstić information content (AvgIpc) is 2.59. The molecule has 2 rings (SSSR count). The van der Waals surface area contributed by atoms with Gasteiger partial charge >= 0.3 is 0 Å². The molecule has 74 valence electrons. The normalized spacial score (nSPS) is 18.9. The minimum Gasteiger partial charge on any atom is -0.298 e. The summed E-state index contributed by atoms with van der Waals surface area (Å²) in [7, 11) is 0. The van der Waals surface area contributed by atoms with Gasteiger partial charge in [0, 0.05) is 11.1 Å². The van der Waals surface area contributed by atoms with Gasteiger partial charge in [-0.1, -0.05) is 36.5 Å². The highest BCUT2D eigenvalue weighted by atomic mass is 16.1. The molecule has 0 aromatic carbocycles. The van der Waals surface area contributed by atoms with Crippen molar-refractivity contribution in [2.45, 2.75) is 6.42 Å². The van der Waals surface area contributed by atoms with Crippen molar-refractivity contribution in [3.63, 3.8) is 0 Å². The molecule has 0 heterocycles. The van der Waals surface area contributed by atoms with Crippen molar-refractivity contribution in [1.29, 1.82) is 0 Å². The Balaban J connectivity index is 2.56. The fourth-order valence-electron chi connectivity index (χ4n) is 1.69. The summed E-state index contributed by atoms with van der Waals surface area (Å²) in [4.78, 5) is 21.7. The number of fused-ring (bicyclic) bond motifs is 2. The number of allylic oxidation sites excluding steroid dienone is 10. The molecule has 0 aliphatic heterocycles. The fraction of sp³-hybridized carbons (Fsp3) is 0.0769. The molecule has 0 saturated heterocycles. The minimum atomic E-state index is 0.641. The molecule has 0 spiro atoms. The van der Waals surface area contributed by atoms with Gasteiger partial charge in [0.15, 0.2) is 0 Å². The molecule has 2 aliphatic carbocycles. The summed E-state index contributed by atoms with van der Waals surface area (Å²) >= 11 is 0. The van der Waals surface area contributed by atoms with Crippen molar-refractivity contribution in [2.75, 3.05) is 0 Å². The highest BCUT2D eigenvalue weighted by Gasteiger charge is 2.14. The predicted molar refractivity (Wildman–Crippen MR) is 58.2 cm³/mol. The van der Waals surface area contributed by atoms with Crippen LogP contribution in [0.4, 0.5) is 0 Å². The summed E-state index contributed by atoms with van der Waals surface area (Å²) in [5, 5.41) is 0. The second kappa shape index (κ2) is 4.05. The summed E-state index contributed by atoms with van der Waals surface area (Å²) in [5.74, 6) is 0. The number of hydrogen-bond acceptors (Lipinski definition) is 2. The van der Waals surface area contributed by atoms with E-state index in [1.165, 1.54) is 0 Å². The van der Waals surface area contributed by atoms with Gasteiger partial charge in [0.25, 0.3) is 0 Å². The largest absolute Gasteiger partial charge is 0.298 e. The standard InChI is InChI=1S/C13H10O2/c14-8-12-5-6-13(9-15)11-4-2-1-3-10(12)7-11/h1-6,8-9H,7H2. The minimum absolute atomic E-state index is 0.641. The topological polar surface area (TPSA) is 34.1 Å². The first kappa shape index (κ1) is 9.59. The van der Waals surface area contributed by atoms with Crippen LogP contribution in [-0.2, 0) is 9.59 Å². The van der Waals surface area contributed by atoms with E-state index in [2.05, 4.69) is 0 Å². The maximum absolute atomic E-state index is 10.8. The van der Waals surface area contributed by atoms with Crippen LogP contribution >= 0.6 is 0 Å². The third-order valence-electron chi connectivity index (χ3n) is 2.52. The molecular weight excluding hydrogens is 188 g/mol. The summed E-state index contributed by atoms with van der Waals surface area (Å²) in [6.07, 6.45) is 13.3. The Labute approximate surface area is 88.0 Å². The molecule has 0 aromatic rings. The molecule has 0 radical (unpaired) electrons. The quantitative estimate of drug-likeness (QED) is 0.636. The number of carbonyl (C=O) groups excluding carboxylic acids is 2. The lowest BCUT2D eigenvalue weighted by Gasteiger charge is -2.05. The maximum Gasteiger partial charge on any atom is 0.150 e. The van der Waals surface area contributed by atoms with Crippen molar-refractivity contribution in [3.8, 4) is 0 Å². The van der Waals surface area contributed by atoms with Crippen molar-refractivity contribution in [2.24, 2.45) is 0 Å². The summed E-state index contributed by atoms with van der Waals surface area (Å²) in [5.41, 5.74) is 3.20. The Hall–Kier alpha value is -1.96. The molecule has 2 nitrogen and oxygen atoms in total. The van der Waals surface area contributed by atoms with E-state index in [9.17, 15) is 9.59 Å². The van der Waals surface area contributed by atoms with Crippen LogP contribution in [0.2, 0.25) is 0 Å². The molecule has 2 heteroatoms. The Morgan fingerprint density at radius 3 is 1.67 bits per heavy atom. The van der Waals surface area contributed by atoms with E-state index >= 15 is 0 Å². The number of carbonyl (C=O) groups is 2. The van der Waals surface area contributed by atoms with Gasteiger partial charge in [-0.05, 0) is 17.6 Å². The number of rotatable bonds is 2. The van der Waals surface area contributed by atoms with E-state index in [1.807, 2.05) is 24.3 Å². The molecule has 2 bridgehead atoms. The fourth-order valence-corrected chi connectivity index (χ4v) is 1.69. The smallest absolute Gasteiger partial charge is 0.150 e. The monoisotopic (exact) mass is 198 g/mol. The van der Waals surface area contributed by atoms with Crippen molar-refractivity contribution in [3.05, 3.63) is 58.7 Å². The van der Waals surface area contributed by atoms with E-state index in [-0.39, 0.29) is 0 Å². The van der Waals surface area contributed by atoms with Gasteiger partial charge in [0.05, 0.1) is 0 Å². The van der Waals surface area contributed by atoms with Crippen LogP contribution in [0.3, 0.4) is 0 Å². The van der Waals surface area contributed by atoms with Crippen LogP contribution in [0.25, 0.3) is 0 Å². The van der Waals surface area contributed by atoms with Crippen LogP contribution < -0.4 is 0 Å². The highest BCUT2D eigenvalue weighted by molar-refractivity contribution is 5.87. The number of hydrogen-bond donors (Lipinski definition) is 0. The van der Waals surface area contributed by atoms with Crippen LogP contribution in [-0.4, -0.2) is 12.6 Å². The van der Waals surface area contributed by atoms with Crippen LogP contribution in [0.15, 0.2) is 58.7 Å². The van der Waals surface area contributed by atoms with Gasteiger partial charge < -0.3 is 0 Å². The number of aldehydes is 2. The van der Waals surface area contributed by atoms with Crippen molar-refractivity contribution >= 4 is 12.6 Å². The molecule has 0 amide bonds. The van der Waals surface area contributed by atoms with Crippen LogP contribution in [0.1, 0.15) is 6.42 Å². The zero-order chi connectivity index (χ0) is 10.7. The maximum atomic E-state index is 10.8. The van der Waals surface area contributed by atoms with E-state index < -0.39 is 0 Å². The first-order valence-corrected chi connectivity index (χ1v) is 4.74.